The number of rotatable bonds is 1. The van der Waals surface area contributed by atoms with Crippen LogP contribution in [0, 0.1) is 11.8 Å². The average molecular weight is 316 g/mol. The highest BCUT2D eigenvalue weighted by molar-refractivity contribution is 9.11. The van der Waals surface area contributed by atoms with E-state index in [1.54, 1.807) is 11.3 Å². The molecule has 94 valence electrons. The zero-order chi connectivity index (χ0) is 12.0. The lowest BCUT2D eigenvalue weighted by atomic mass is 9.65. The van der Waals surface area contributed by atoms with Crippen molar-refractivity contribution in [1.29, 1.82) is 0 Å². The van der Waals surface area contributed by atoms with Gasteiger partial charge in [0.25, 0.3) is 0 Å². The number of likely N-dealkylation sites (tertiary alicyclic amines) is 1. The molecule has 0 aromatic carbocycles. The van der Waals surface area contributed by atoms with Crippen LogP contribution < -0.4 is 0 Å². The minimum absolute atomic E-state index is 0.408. The summed E-state index contributed by atoms with van der Waals surface area (Å²) in [6, 6.07) is 4.16. The Balaban J connectivity index is 2.00. The molecule has 0 amide bonds. The van der Waals surface area contributed by atoms with Crippen LogP contribution in [0.3, 0.4) is 0 Å². The highest BCUT2D eigenvalue weighted by Gasteiger charge is 2.51. The van der Waals surface area contributed by atoms with E-state index >= 15 is 0 Å². The third-order valence-corrected chi connectivity index (χ3v) is 6.15. The molecule has 1 aromatic rings. The van der Waals surface area contributed by atoms with Gasteiger partial charge in [-0.05, 0) is 48.0 Å². The maximum atomic E-state index is 11.2. The van der Waals surface area contributed by atoms with Crippen molar-refractivity contribution in [2.24, 2.45) is 11.8 Å². The first kappa shape index (κ1) is 12.2. The molecule has 1 aromatic heterocycles. The molecule has 1 aliphatic heterocycles. The second-order valence-electron chi connectivity index (χ2n) is 5.48. The molecule has 2 bridgehead atoms. The van der Waals surface area contributed by atoms with E-state index in [-0.39, 0.29) is 0 Å². The van der Waals surface area contributed by atoms with Crippen molar-refractivity contribution in [3.8, 4) is 0 Å². The summed E-state index contributed by atoms with van der Waals surface area (Å²) >= 11 is 5.21. The topological polar surface area (TPSA) is 23.5 Å². The molecule has 1 saturated heterocycles. The lowest BCUT2D eigenvalue weighted by Gasteiger charge is -2.52. The molecule has 2 heterocycles. The number of nitrogens with zero attached hydrogens (tertiary/aromatic N) is 1. The van der Waals surface area contributed by atoms with Crippen molar-refractivity contribution in [2.75, 3.05) is 20.1 Å². The molecular formula is C13H18BrNOS. The number of fused-ring (bicyclic) bond motifs is 2. The van der Waals surface area contributed by atoms with Gasteiger partial charge in [-0.25, -0.2) is 0 Å². The number of piperidine rings is 1. The summed E-state index contributed by atoms with van der Waals surface area (Å²) in [6.07, 6.45) is 3.59. The van der Waals surface area contributed by atoms with E-state index in [9.17, 15) is 5.11 Å². The summed E-state index contributed by atoms with van der Waals surface area (Å²) in [4.78, 5) is 3.54. The number of hydrogen-bond acceptors (Lipinski definition) is 3. The van der Waals surface area contributed by atoms with Gasteiger partial charge in [-0.15, -0.1) is 11.3 Å². The Labute approximate surface area is 115 Å². The summed E-state index contributed by atoms with van der Waals surface area (Å²) in [5, 5.41) is 11.2. The molecular weight excluding hydrogens is 298 g/mol. The molecule has 4 heteroatoms. The Kier molecular flexibility index (Phi) is 3.10. The van der Waals surface area contributed by atoms with Crippen molar-refractivity contribution in [3.05, 3.63) is 20.8 Å². The molecule has 1 saturated carbocycles. The highest BCUT2D eigenvalue weighted by atomic mass is 79.9. The summed E-state index contributed by atoms with van der Waals surface area (Å²) in [6.45, 7) is 2.06. The van der Waals surface area contributed by atoms with Gasteiger partial charge in [0.1, 0.15) is 5.60 Å². The fraction of sp³-hybridized carbons (Fsp3) is 0.692. The summed E-state index contributed by atoms with van der Waals surface area (Å²) in [7, 11) is 2.18. The predicted molar refractivity (Wildman–Crippen MR) is 74.2 cm³/mol. The van der Waals surface area contributed by atoms with E-state index in [0.29, 0.717) is 11.8 Å². The van der Waals surface area contributed by atoms with Crippen molar-refractivity contribution in [3.63, 3.8) is 0 Å². The van der Waals surface area contributed by atoms with E-state index in [4.69, 9.17) is 0 Å². The van der Waals surface area contributed by atoms with Crippen LogP contribution in [0.25, 0.3) is 0 Å². The first-order chi connectivity index (χ1) is 8.10. The third kappa shape index (κ3) is 1.89. The van der Waals surface area contributed by atoms with Gasteiger partial charge >= 0.3 is 0 Å². The van der Waals surface area contributed by atoms with E-state index in [0.717, 1.165) is 34.6 Å². The number of aliphatic hydroxyl groups is 1. The monoisotopic (exact) mass is 315 g/mol. The second kappa shape index (κ2) is 4.34. The summed E-state index contributed by atoms with van der Waals surface area (Å²) in [5.74, 6) is 0.816. The predicted octanol–water partition coefficient (Wildman–Crippen LogP) is 3.06. The number of hydrogen-bond donors (Lipinski definition) is 1. The second-order valence-corrected chi connectivity index (χ2v) is 7.94. The van der Waals surface area contributed by atoms with Crippen molar-refractivity contribution >= 4 is 27.3 Å². The largest absolute Gasteiger partial charge is 0.384 e. The van der Waals surface area contributed by atoms with E-state index in [2.05, 4.69) is 40.0 Å². The van der Waals surface area contributed by atoms with Crippen molar-refractivity contribution in [2.45, 2.75) is 24.9 Å². The van der Waals surface area contributed by atoms with Gasteiger partial charge in [-0.3, -0.25) is 0 Å². The van der Waals surface area contributed by atoms with Crippen LogP contribution in [0.15, 0.2) is 15.9 Å². The number of halogens is 1. The normalized spacial score (nSPS) is 38.3. The van der Waals surface area contributed by atoms with E-state index in [1.165, 1.54) is 6.42 Å². The van der Waals surface area contributed by atoms with Gasteiger partial charge in [0, 0.05) is 29.8 Å². The van der Waals surface area contributed by atoms with Crippen LogP contribution in [0.1, 0.15) is 24.1 Å². The SMILES string of the molecule is CN1C[C@H]2CCC[C@@H](C1)[C@@]2(O)c1ccc(Br)s1. The lowest BCUT2D eigenvalue weighted by molar-refractivity contribution is -0.140. The van der Waals surface area contributed by atoms with E-state index in [1.807, 2.05) is 0 Å². The zero-order valence-electron chi connectivity index (χ0n) is 10.0. The maximum absolute atomic E-state index is 11.2. The van der Waals surface area contributed by atoms with Crippen LogP contribution >= 0.6 is 27.3 Å². The Morgan fingerprint density at radius 2 is 2.00 bits per heavy atom. The first-order valence-corrected chi connectivity index (χ1v) is 7.88. The van der Waals surface area contributed by atoms with Gasteiger partial charge in [0.05, 0.1) is 3.79 Å². The smallest absolute Gasteiger partial charge is 0.107 e. The molecule has 3 rings (SSSR count). The maximum Gasteiger partial charge on any atom is 0.107 e. The molecule has 0 unspecified atom stereocenters. The van der Waals surface area contributed by atoms with Gasteiger partial charge < -0.3 is 10.0 Å². The molecule has 2 fully saturated rings. The van der Waals surface area contributed by atoms with Crippen molar-refractivity contribution < 1.29 is 5.11 Å². The van der Waals surface area contributed by atoms with E-state index < -0.39 is 5.60 Å². The fourth-order valence-electron chi connectivity index (χ4n) is 3.60. The Morgan fingerprint density at radius 1 is 1.35 bits per heavy atom. The van der Waals surface area contributed by atoms with Crippen LogP contribution in [0.5, 0.6) is 0 Å². The molecule has 1 aliphatic carbocycles. The van der Waals surface area contributed by atoms with Gasteiger partial charge in [0.2, 0.25) is 0 Å². The quantitative estimate of drug-likeness (QED) is 0.861. The summed E-state index contributed by atoms with van der Waals surface area (Å²) in [5.41, 5.74) is -0.568. The Hall–Kier alpha value is 0.1000. The van der Waals surface area contributed by atoms with Gasteiger partial charge in [-0.1, -0.05) is 6.42 Å². The molecule has 17 heavy (non-hydrogen) atoms. The number of thiophene rings is 1. The van der Waals surface area contributed by atoms with Gasteiger partial charge in [0.15, 0.2) is 0 Å². The molecule has 1 N–H and O–H groups in total. The first-order valence-electron chi connectivity index (χ1n) is 6.27. The minimum Gasteiger partial charge on any atom is -0.384 e. The molecule has 2 nitrogen and oxygen atoms in total. The molecule has 2 aliphatic rings. The third-order valence-electron chi connectivity index (χ3n) is 4.38. The Morgan fingerprint density at radius 3 is 2.53 bits per heavy atom. The highest BCUT2D eigenvalue weighted by Crippen LogP contribution is 2.50. The molecule has 3 atom stereocenters. The fourth-order valence-corrected chi connectivity index (χ4v) is 5.24. The van der Waals surface area contributed by atoms with Gasteiger partial charge in [-0.2, -0.15) is 0 Å². The zero-order valence-corrected chi connectivity index (χ0v) is 12.4. The lowest BCUT2D eigenvalue weighted by Crippen LogP contribution is -2.56. The summed E-state index contributed by atoms with van der Waals surface area (Å²) < 4.78 is 1.12. The average Bonchev–Trinajstić information content (AvgIpc) is 2.68. The van der Waals surface area contributed by atoms with Crippen LogP contribution in [-0.2, 0) is 5.60 Å². The minimum atomic E-state index is -0.568. The Bertz CT molecular complexity index is 405. The van der Waals surface area contributed by atoms with Crippen LogP contribution in [0.4, 0.5) is 0 Å². The molecule has 0 radical (unpaired) electrons. The van der Waals surface area contributed by atoms with Crippen LogP contribution in [-0.4, -0.2) is 30.1 Å². The standard InChI is InChI=1S/C13H18BrNOS/c1-15-7-9-3-2-4-10(8-15)13(9,16)11-5-6-12(14)17-11/h5-6,9-10,16H,2-4,7-8H2,1H3/t9-,10+,13-. The van der Waals surface area contributed by atoms with Crippen LogP contribution in [0.2, 0.25) is 0 Å². The molecule has 0 spiro atoms. The van der Waals surface area contributed by atoms with Crippen molar-refractivity contribution in [1.82, 2.24) is 4.90 Å².